The van der Waals surface area contributed by atoms with Gasteiger partial charge in [-0.3, -0.25) is 4.79 Å². The normalized spacial score (nSPS) is 11.6. The van der Waals surface area contributed by atoms with Crippen molar-refractivity contribution in [3.63, 3.8) is 0 Å². The van der Waals surface area contributed by atoms with Crippen molar-refractivity contribution in [2.24, 2.45) is 0 Å². The first kappa shape index (κ1) is 19.5. The zero-order chi connectivity index (χ0) is 20.1. The molecule has 0 aliphatic rings. The fraction of sp³-hybridized carbons (Fsp3) is 0.0909. The van der Waals surface area contributed by atoms with Gasteiger partial charge in [-0.15, -0.1) is 11.8 Å². The standard InChI is InChI=1S/C22H20N2O3S/c1-14-10-11-16(22(26)27)12-19(14)24-21(25)20(15-6-3-2-4-7-15)28-18-9-5-8-17(23)13-18/h2-13,20H,23H2,1H3,(H,24,25)(H,26,27). The van der Waals surface area contributed by atoms with Crippen LogP contribution in [0.4, 0.5) is 11.4 Å². The van der Waals surface area contributed by atoms with Gasteiger partial charge in [0, 0.05) is 16.3 Å². The van der Waals surface area contributed by atoms with E-state index in [1.807, 2.05) is 55.5 Å². The van der Waals surface area contributed by atoms with Crippen molar-refractivity contribution in [3.05, 3.63) is 89.5 Å². The minimum Gasteiger partial charge on any atom is -0.478 e. The number of thioether (sulfide) groups is 1. The molecule has 0 saturated carbocycles. The summed E-state index contributed by atoms with van der Waals surface area (Å²) in [5.74, 6) is -1.27. The Kier molecular flexibility index (Phi) is 6.01. The summed E-state index contributed by atoms with van der Waals surface area (Å²) < 4.78 is 0. The largest absolute Gasteiger partial charge is 0.478 e. The van der Waals surface area contributed by atoms with Gasteiger partial charge < -0.3 is 16.2 Å². The van der Waals surface area contributed by atoms with Gasteiger partial charge in [0.05, 0.1) is 5.56 Å². The number of anilines is 2. The number of hydrogen-bond donors (Lipinski definition) is 3. The number of rotatable bonds is 6. The molecule has 3 rings (SSSR count). The fourth-order valence-electron chi connectivity index (χ4n) is 2.71. The lowest BCUT2D eigenvalue weighted by Gasteiger charge is -2.18. The summed E-state index contributed by atoms with van der Waals surface area (Å²) in [6, 6.07) is 21.5. The highest BCUT2D eigenvalue weighted by Crippen LogP contribution is 2.37. The minimum absolute atomic E-state index is 0.126. The first-order chi connectivity index (χ1) is 13.4. The Morgan fingerprint density at radius 2 is 1.75 bits per heavy atom. The predicted molar refractivity (Wildman–Crippen MR) is 113 cm³/mol. The Morgan fingerprint density at radius 1 is 1.00 bits per heavy atom. The monoisotopic (exact) mass is 392 g/mol. The summed E-state index contributed by atoms with van der Waals surface area (Å²) in [5.41, 5.74) is 8.74. The molecule has 0 aliphatic carbocycles. The van der Waals surface area contributed by atoms with Crippen molar-refractivity contribution >= 4 is 35.0 Å². The van der Waals surface area contributed by atoms with Gasteiger partial charge in [-0.05, 0) is 48.4 Å². The molecule has 1 amide bonds. The third kappa shape index (κ3) is 4.72. The summed E-state index contributed by atoms with van der Waals surface area (Å²) >= 11 is 1.39. The van der Waals surface area contributed by atoms with Gasteiger partial charge in [0.25, 0.3) is 0 Å². The van der Waals surface area contributed by atoms with Crippen molar-refractivity contribution in [2.75, 3.05) is 11.1 Å². The Morgan fingerprint density at radius 3 is 2.43 bits per heavy atom. The van der Waals surface area contributed by atoms with Gasteiger partial charge in [-0.2, -0.15) is 0 Å². The van der Waals surface area contributed by atoms with E-state index in [1.54, 1.807) is 12.1 Å². The summed E-state index contributed by atoms with van der Waals surface area (Å²) in [7, 11) is 0. The van der Waals surface area contributed by atoms with E-state index in [9.17, 15) is 14.7 Å². The van der Waals surface area contributed by atoms with Gasteiger partial charge in [-0.1, -0.05) is 42.5 Å². The molecule has 0 saturated heterocycles. The molecule has 1 unspecified atom stereocenters. The average Bonchev–Trinajstić information content (AvgIpc) is 2.68. The molecule has 6 heteroatoms. The smallest absolute Gasteiger partial charge is 0.335 e. The molecule has 0 radical (unpaired) electrons. The SMILES string of the molecule is Cc1ccc(C(=O)O)cc1NC(=O)C(Sc1cccc(N)c1)c1ccccc1. The van der Waals surface area contributed by atoms with Crippen LogP contribution in [-0.4, -0.2) is 17.0 Å². The Bertz CT molecular complexity index is 1010. The average molecular weight is 392 g/mol. The van der Waals surface area contributed by atoms with Crippen LogP contribution in [0.15, 0.2) is 77.7 Å². The molecule has 0 spiro atoms. The number of nitrogens with two attached hydrogens (primary N) is 1. The van der Waals surface area contributed by atoms with Crippen LogP contribution >= 0.6 is 11.8 Å². The molecule has 5 nitrogen and oxygen atoms in total. The molecule has 28 heavy (non-hydrogen) atoms. The van der Waals surface area contributed by atoms with E-state index in [2.05, 4.69) is 5.32 Å². The first-order valence-corrected chi connectivity index (χ1v) is 9.54. The quantitative estimate of drug-likeness (QED) is 0.416. The lowest BCUT2D eigenvalue weighted by molar-refractivity contribution is -0.115. The third-order valence-corrected chi connectivity index (χ3v) is 5.44. The van der Waals surface area contributed by atoms with E-state index in [-0.39, 0.29) is 11.5 Å². The lowest BCUT2D eigenvalue weighted by Crippen LogP contribution is -2.20. The number of carbonyl (C=O) groups excluding carboxylic acids is 1. The molecule has 142 valence electrons. The van der Waals surface area contributed by atoms with Crippen LogP contribution in [-0.2, 0) is 4.79 Å². The number of benzene rings is 3. The Hall–Kier alpha value is -3.25. The molecule has 3 aromatic rings. The fourth-order valence-corrected chi connectivity index (χ4v) is 3.81. The molecule has 1 atom stereocenters. The Labute approximate surface area is 167 Å². The molecule has 4 N–H and O–H groups in total. The number of carbonyl (C=O) groups is 2. The number of aryl methyl sites for hydroxylation is 1. The van der Waals surface area contributed by atoms with Crippen LogP contribution in [0.5, 0.6) is 0 Å². The van der Waals surface area contributed by atoms with Crippen LogP contribution < -0.4 is 11.1 Å². The number of nitrogen functional groups attached to an aromatic ring is 1. The van der Waals surface area contributed by atoms with Gasteiger partial charge in [0.2, 0.25) is 5.91 Å². The molecule has 3 aromatic carbocycles. The third-order valence-electron chi connectivity index (χ3n) is 4.19. The number of amides is 1. The van der Waals surface area contributed by atoms with Gasteiger partial charge in [-0.25, -0.2) is 4.79 Å². The zero-order valence-corrected chi connectivity index (χ0v) is 16.1. The van der Waals surface area contributed by atoms with Crippen LogP contribution in [0.25, 0.3) is 0 Å². The van der Waals surface area contributed by atoms with E-state index < -0.39 is 11.2 Å². The maximum Gasteiger partial charge on any atom is 0.335 e. The highest BCUT2D eigenvalue weighted by molar-refractivity contribution is 8.00. The zero-order valence-electron chi connectivity index (χ0n) is 15.3. The maximum absolute atomic E-state index is 13.1. The van der Waals surface area contributed by atoms with Crippen molar-refractivity contribution in [2.45, 2.75) is 17.1 Å². The van der Waals surface area contributed by atoms with E-state index in [0.717, 1.165) is 16.0 Å². The first-order valence-electron chi connectivity index (χ1n) is 8.66. The number of aromatic carboxylic acids is 1. The number of nitrogens with one attached hydrogen (secondary N) is 1. The van der Waals surface area contributed by atoms with E-state index in [0.29, 0.717) is 11.4 Å². The summed E-state index contributed by atoms with van der Waals surface area (Å²) in [6.45, 7) is 1.82. The summed E-state index contributed by atoms with van der Waals surface area (Å²) in [6.07, 6.45) is 0. The van der Waals surface area contributed by atoms with Crippen molar-refractivity contribution in [3.8, 4) is 0 Å². The number of carboxylic acid groups (broad SMARTS) is 1. The second-order valence-electron chi connectivity index (χ2n) is 6.31. The molecule has 0 aromatic heterocycles. The Balaban J connectivity index is 1.91. The highest BCUT2D eigenvalue weighted by Gasteiger charge is 2.23. The minimum atomic E-state index is -1.04. The summed E-state index contributed by atoms with van der Waals surface area (Å²) in [5, 5.41) is 11.6. The predicted octanol–water partition coefficient (Wildman–Crippen LogP) is 4.75. The van der Waals surface area contributed by atoms with Crippen molar-refractivity contribution in [1.29, 1.82) is 0 Å². The molecule has 0 fully saturated rings. The second-order valence-corrected chi connectivity index (χ2v) is 7.48. The van der Waals surface area contributed by atoms with E-state index in [1.165, 1.54) is 23.9 Å². The van der Waals surface area contributed by atoms with Gasteiger partial charge in [0.15, 0.2) is 0 Å². The van der Waals surface area contributed by atoms with Crippen molar-refractivity contribution < 1.29 is 14.7 Å². The van der Waals surface area contributed by atoms with Crippen molar-refractivity contribution in [1.82, 2.24) is 0 Å². The molecule has 0 bridgehead atoms. The summed E-state index contributed by atoms with van der Waals surface area (Å²) in [4.78, 5) is 25.3. The van der Waals surface area contributed by atoms with Crippen LogP contribution in [0.2, 0.25) is 0 Å². The van der Waals surface area contributed by atoms with E-state index in [4.69, 9.17) is 5.73 Å². The molecular weight excluding hydrogens is 372 g/mol. The topological polar surface area (TPSA) is 92.4 Å². The van der Waals surface area contributed by atoms with Gasteiger partial charge in [0.1, 0.15) is 5.25 Å². The van der Waals surface area contributed by atoms with E-state index >= 15 is 0 Å². The molecular formula is C22H20N2O3S. The van der Waals surface area contributed by atoms with Crippen LogP contribution in [0, 0.1) is 6.92 Å². The van der Waals surface area contributed by atoms with Crippen LogP contribution in [0.1, 0.15) is 26.7 Å². The van der Waals surface area contributed by atoms with Crippen LogP contribution in [0.3, 0.4) is 0 Å². The maximum atomic E-state index is 13.1. The van der Waals surface area contributed by atoms with Gasteiger partial charge >= 0.3 is 5.97 Å². The number of hydrogen-bond acceptors (Lipinski definition) is 4. The highest BCUT2D eigenvalue weighted by atomic mass is 32.2. The molecule has 0 aliphatic heterocycles. The second kappa shape index (κ2) is 8.63. The number of carboxylic acids is 1. The molecule has 0 heterocycles. The lowest BCUT2D eigenvalue weighted by atomic mass is 10.1.